The van der Waals surface area contributed by atoms with Crippen LogP contribution in [0.15, 0.2) is 0 Å². The fourth-order valence-corrected chi connectivity index (χ4v) is 2.29. The first kappa shape index (κ1) is 14.5. The molecule has 0 radical (unpaired) electrons. The minimum Gasteiger partial charge on any atom is -0.469 e. The molecule has 0 spiro atoms. The lowest BCUT2D eigenvalue weighted by Gasteiger charge is -2.30. The van der Waals surface area contributed by atoms with Crippen molar-refractivity contribution in [1.29, 1.82) is 0 Å². The molecular weight excluding hydrogens is 216 g/mol. The van der Waals surface area contributed by atoms with Gasteiger partial charge >= 0.3 is 5.97 Å². The highest BCUT2D eigenvalue weighted by molar-refractivity contribution is 5.72. The summed E-state index contributed by atoms with van der Waals surface area (Å²) in [4.78, 5) is 13.8. The Hall–Kier alpha value is -0.610. The van der Waals surface area contributed by atoms with Crippen molar-refractivity contribution in [2.75, 3.05) is 39.8 Å². The minimum atomic E-state index is -0.0331. The average Bonchev–Trinajstić information content (AvgIpc) is 2.38. The van der Waals surface area contributed by atoms with Crippen LogP contribution in [0.5, 0.6) is 0 Å². The molecule has 100 valence electrons. The molecule has 0 atom stereocenters. The SMILES string of the molecule is CCCNCCCN1CCC(C(=O)OC)CC1. The topological polar surface area (TPSA) is 41.6 Å². The van der Waals surface area contributed by atoms with Crippen molar-refractivity contribution in [3.8, 4) is 0 Å². The van der Waals surface area contributed by atoms with Gasteiger partial charge in [0.25, 0.3) is 0 Å². The molecule has 0 bridgehead atoms. The van der Waals surface area contributed by atoms with Gasteiger partial charge < -0.3 is 15.0 Å². The summed E-state index contributed by atoms with van der Waals surface area (Å²) in [6, 6.07) is 0. The number of methoxy groups -OCH3 is 1. The van der Waals surface area contributed by atoms with Crippen LogP contribution in [0.4, 0.5) is 0 Å². The summed E-state index contributed by atoms with van der Waals surface area (Å²) in [7, 11) is 1.48. The number of nitrogens with one attached hydrogen (secondary N) is 1. The van der Waals surface area contributed by atoms with Crippen LogP contribution in [0, 0.1) is 5.92 Å². The zero-order valence-corrected chi connectivity index (χ0v) is 11.2. The lowest BCUT2D eigenvalue weighted by atomic mass is 9.97. The molecule has 0 aromatic rings. The Balaban J connectivity index is 2.05. The van der Waals surface area contributed by atoms with E-state index < -0.39 is 0 Å². The van der Waals surface area contributed by atoms with Gasteiger partial charge in [0, 0.05) is 0 Å². The van der Waals surface area contributed by atoms with Gasteiger partial charge in [-0.1, -0.05) is 6.92 Å². The van der Waals surface area contributed by atoms with Gasteiger partial charge in [-0.05, 0) is 58.4 Å². The van der Waals surface area contributed by atoms with Gasteiger partial charge in [-0.15, -0.1) is 0 Å². The van der Waals surface area contributed by atoms with Crippen LogP contribution < -0.4 is 5.32 Å². The number of carbonyl (C=O) groups excluding carboxylic acids is 1. The molecule has 0 aliphatic carbocycles. The third-order valence-corrected chi connectivity index (χ3v) is 3.38. The van der Waals surface area contributed by atoms with Crippen molar-refractivity contribution in [2.45, 2.75) is 32.6 Å². The molecule has 4 nitrogen and oxygen atoms in total. The van der Waals surface area contributed by atoms with Gasteiger partial charge in [0.05, 0.1) is 13.0 Å². The van der Waals surface area contributed by atoms with Crippen LogP contribution in [0.2, 0.25) is 0 Å². The molecule has 1 fully saturated rings. The number of likely N-dealkylation sites (tertiary alicyclic amines) is 1. The Kier molecular flexibility index (Phi) is 7.21. The maximum atomic E-state index is 11.4. The Labute approximate surface area is 105 Å². The minimum absolute atomic E-state index is 0.0331. The predicted molar refractivity (Wildman–Crippen MR) is 69.0 cm³/mol. The molecule has 1 rings (SSSR count). The second kappa shape index (κ2) is 8.48. The van der Waals surface area contributed by atoms with E-state index in [4.69, 9.17) is 4.74 Å². The Bertz CT molecular complexity index is 213. The Morgan fingerprint density at radius 3 is 2.65 bits per heavy atom. The maximum Gasteiger partial charge on any atom is 0.308 e. The highest BCUT2D eigenvalue weighted by Gasteiger charge is 2.24. The van der Waals surface area contributed by atoms with Gasteiger partial charge in [0.1, 0.15) is 0 Å². The molecular formula is C13H26N2O2. The predicted octanol–water partition coefficient (Wildman–Crippen LogP) is 1.26. The van der Waals surface area contributed by atoms with Gasteiger partial charge in [-0.2, -0.15) is 0 Å². The fraction of sp³-hybridized carbons (Fsp3) is 0.923. The molecule has 1 N–H and O–H groups in total. The molecule has 1 saturated heterocycles. The van der Waals surface area contributed by atoms with E-state index in [1.807, 2.05) is 0 Å². The number of rotatable bonds is 7. The Morgan fingerprint density at radius 1 is 1.35 bits per heavy atom. The van der Waals surface area contributed by atoms with Crippen molar-refractivity contribution in [3.05, 3.63) is 0 Å². The van der Waals surface area contributed by atoms with Crippen LogP contribution in [-0.4, -0.2) is 50.7 Å². The average molecular weight is 242 g/mol. The van der Waals surface area contributed by atoms with Gasteiger partial charge in [0.2, 0.25) is 0 Å². The summed E-state index contributed by atoms with van der Waals surface area (Å²) < 4.78 is 4.78. The van der Waals surface area contributed by atoms with Crippen LogP contribution >= 0.6 is 0 Å². The number of piperidine rings is 1. The van der Waals surface area contributed by atoms with E-state index in [0.29, 0.717) is 0 Å². The molecule has 0 aromatic heterocycles. The third kappa shape index (κ3) is 5.50. The molecule has 1 aliphatic rings. The monoisotopic (exact) mass is 242 g/mol. The van der Waals surface area contributed by atoms with E-state index in [9.17, 15) is 4.79 Å². The lowest BCUT2D eigenvalue weighted by molar-refractivity contribution is -0.147. The van der Waals surface area contributed by atoms with E-state index in [2.05, 4.69) is 17.1 Å². The zero-order valence-electron chi connectivity index (χ0n) is 11.2. The van der Waals surface area contributed by atoms with Gasteiger partial charge in [-0.3, -0.25) is 4.79 Å². The normalized spacial score (nSPS) is 18.2. The fourth-order valence-electron chi connectivity index (χ4n) is 2.29. The molecule has 0 amide bonds. The largest absolute Gasteiger partial charge is 0.469 e. The first-order valence-electron chi connectivity index (χ1n) is 6.78. The summed E-state index contributed by atoms with van der Waals surface area (Å²) in [5.74, 6) is 0.101. The number of esters is 1. The van der Waals surface area contributed by atoms with E-state index >= 15 is 0 Å². The number of carbonyl (C=O) groups is 1. The number of ether oxygens (including phenoxy) is 1. The van der Waals surface area contributed by atoms with E-state index in [1.54, 1.807) is 0 Å². The molecule has 0 unspecified atom stereocenters. The van der Waals surface area contributed by atoms with E-state index in [-0.39, 0.29) is 11.9 Å². The highest BCUT2D eigenvalue weighted by Crippen LogP contribution is 2.18. The van der Waals surface area contributed by atoms with Gasteiger partial charge in [0.15, 0.2) is 0 Å². The molecule has 1 aliphatic heterocycles. The zero-order chi connectivity index (χ0) is 12.5. The van der Waals surface area contributed by atoms with Crippen LogP contribution in [0.3, 0.4) is 0 Å². The number of nitrogens with zero attached hydrogens (tertiary/aromatic N) is 1. The standard InChI is InChI=1S/C13H26N2O2/c1-3-7-14-8-4-9-15-10-5-12(6-11-15)13(16)17-2/h12,14H,3-11H2,1-2H3. The number of hydrogen-bond donors (Lipinski definition) is 1. The molecule has 17 heavy (non-hydrogen) atoms. The molecule has 0 aromatic carbocycles. The summed E-state index contributed by atoms with van der Waals surface area (Å²) in [5.41, 5.74) is 0. The van der Waals surface area contributed by atoms with Crippen molar-refractivity contribution >= 4 is 5.97 Å². The smallest absolute Gasteiger partial charge is 0.308 e. The summed E-state index contributed by atoms with van der Waals surface area (Å²) in [6.07, 6.45) is 4.30. The summed E-state index contributed by atoms with van der Waals surface area (Å²) in [6.45, 7) is 7.62. The van der Waals surface area contributed by atoms with Crippen LogP contribution in [-0.2, 0) is 9.53 Å². The van der Waals surface area contributed by atoms with Crippen molar-refractivity contribution in [2.24, 2.45) is 5.92 Å². The summed E-state index contributed by atoms with van der Waals surface area (Å²) in [5, 5.41) is 3.41. The Morgan fingerprint density at radius 2 is 2.06 bits per heavy atom. The lowest BCUT2D eigenvalue weighted by Crippen LogP contribution is -2.38. The number of hydrogen-bond acceptors (Lipinski definition) is 4. The summed E-state index contributed by atoms with van der Waals surface area (Å²) >= 11 is 0. The first-order chi connectivity index (χ1) is 8.27. The van der Waals surface area contributed by atoms with Crippen molar-refractivity contribution in [3.63, 3.8) is 0 Å². The first-order valence-corrected chi connectivity index (χ1v) is 6.78. The second-order valence-corrected chi connectivity index (χ2v) is 4.74. The second-order valence-electron chi connectivity index (χ2n) is 4.74. The van der Waals surface area contributed by atoms with E-state index in [0.717, 1.165) is 45.6 Å². The highest BCUT2D eigenvalue weighted by atomic mass is 16.5. The van der Waals surface area contributed by atoms with Crippen LogP contribution in [0.25, 0.3) is 0 Å². The molecule has 1 heterocycles. The van der Waals surface area contributed by atoms with Crippen LogP contribution in [0.1, 0.15) is 32.6 Å². The molecule has 0 saturated carbocycles. The molecule has 4 heteroatoms. The van der Waals surface area contributed by atoms with Gasteiger partial charge in [-0.25, -0.2) is 0 Å². The third-order valence-electron chi connectivity index (χ3n) is 3.38. The van der Waals surface area contributed by atoms with E-state index in [1.165, 1.54) is 20.0 Å². The van der Waals surface area contributed by atoms with Crippen molar-refractivity contribution < 1.29 is 9.53 Å². The van der Waals surface area contributed by atoms with Crippen molar-refractivity contribution in [1.82, 2.24) is 10.2 Å². The maximum absolute atomic E-state index is 11.4. The quantitative estimate of drug-likeness (QED) is 0.539.